The molecule has 1 radical (unpaired) electrons. The molecule has 243 valence electrons. The second-order valence-corrected chi connectivity index (χ2v) is 10.6. The quantitative estimate of drug-likeness (QED) is 0.105. The van der Waals surface area contributed by atoms with Gasteiger partial charge in [0.25, 0.3) is 0 Å². The van der Waals surface area contributed by atoms with Gasteiger partial charge in [0.1, 0.15) is 34.2 Å². The fraction of sp³-hybridized carbons (Fsp3) is 0. The van der Waals surface area contributed by atoms with E-state index in [-0.39, 0.29) is 78.3 Å². The predicted molar refractivity (Wildman–Crippen MR) is 168 cm³/mol. The summed E-state index contributed by atoms with van der Waals surface area (Å²) < 4.78 is 112. The first-order chi connectivity index (χ1) is 23.9. The van der Waals surface area contributed by atoms with Crippen molar-refractivity contribution in [2.24, 2.45) is 0 Å². The highest BCUT2D eigenvalue weighted by Gasteiger charge is 2.25. The fourth-order valence-electron chi connectivity index (χ4n) is 5.28. The third kappa shape index (κ3) is 5.15. The molecule has 1 N–H and O–H groups in total. The number of aromatic amines is 1. The summed E-state index contributed by atoms with van der Waals surface area (Å²) in [4.78, 5) is 26.2. The minimum absolute atomic E-state index is 0.0244. The number of benzene rings is 4. The van der Waals surface area contributed by atoms with E-state index in [1.807, 2.05) is 0 Å². The maximum atomic E-state index is 14.3. The van der Waals surface area contributed by atoms with Gasteiger partial charge in [-0.15, -0.1) is 0 Å². The standard InChI is InChI=1S/C24H7BClF6N6.C8H2F2N2/c26-25-38-23-11-5-17(31)18(32)6-12(11)24(38)37-22-10-4-16(30)14(28)2-8(10)20(35-22)33-19-7-1-13(27)15(29)3-9(7)21(34-19)36-23;1-11-7-3-5(9)6(10)4-8(7)12-2/h1-6H,(H,33,34,35,36,37);3-4H. The van der Waals surface area contributed by atoms with E-state index >= 15 is 0 Å². The van der Waals surface area contributed by atoms with Crippen LogP contribution >= 0.6 is 11.5 Å². The molecule has 4 heterocycles. The predicted octanol–water partition coefficient (Wildman–Crippen LogP) is 9.30. The van der Waals surface area contributed by atoms with Crippen molar-refractivity contribution < 1.29 is 35.1 Å². The number of hydrogen-bond acceptors (Lipinski definition) is 4. The summed E-state index contributed by atoms with van der Waals surface area (Å²) in [6.07, 6.45) is 0. The number of aromatic nitrogens is 6. The molecule has 8 rings (SSSR count). The largest absolute Gasteiger partial charge is 0.378 e. The molecule has 0 saturated heterocycles. The summed E-state index contributed by atoms with van der Waals surface area (Å²) in [5.41, 5.74) is -0.372. The number of nitrogens with one attached hydrogen (secondary N) is 1. The second kappa shape index (κ2) is 12.0. The van der Waals surface area contributed by atoms with Crippen molar-refractivity contribution in [3.05, 3.63) is 118 Å². The summed E-state index contributed by atoms with van der Waals surface area (Å²) in [5, 5.41) is 0.306. The van der Waals surface area contributed by atoms with Crippen molar-refractivity contribution in [1.29, 1.82) is 0 Å². The Labute approximate surface area is 278 Å². The third-order valence-electron chi connectivity index (χ3n) is 7.56. The summed E-state index contributed by atoms with van der Waals surface area (Å²) in [7, 11) is 0. The Morgan fingerprint density at radius 2 is 0.900 bits per heavy atom. The van der Waals surface area contributed by atoms with Crippen molar-refractivity contribution in [1.82, 2.24) is 29.4 Å². The smallest absolute Gasteiger partial charge is 0.342 e. The van der Waals surface area contributed by atoms with Crippen molar-refractivity contribution in [3.8, 4) is 22.8 Å². The van der Waals surface area contributed by atoms with E-state index < -0.39 is 46.5 Å². The first-order valence-electron chi connectivity index (χ1n) is 13.7. The van der Waals surface area contributed by atoms with E-state index in [9.17, 15) is 35.1 Å². The van der Waals surface area contributed by atoms with Crippen LogP contribution < -0.4 is 0 Å². The fourth-order valence-corrected chi connectivity index (χ4v) is 5.47. The highest BCUT2D eigenvalue weighted by atomic mass is 35.5. The average Bonchev–Trinajstić information content (AvgIpc) is 3.68. The topological polar surface area (TPSA) is 81.0 Å². The number of fused-ring (bicyclic) bond motifs is 15. The van der Waals surface area contributed by atoms with Crippen LogP contribution in [0.4, 0.5) is 46.5 Å². The monoisotopic (exact) mass is 703 g/mol. The highest BCUT2D eigenvalue weighted by molar-refractivity contribution is 6.93. The summed E-state index contributed by atoms with van der Waals surface area (Å²) >= 11 is 6.10. The molecule has 18 heteroatoms. The van der Waals surface area contributed by atoms with Crippen LogP contribution in [0.5, 0.6) is 0 Å². The van der Waals surface area contributed by atoms with Crippen LogP contribution in [-0.2, 0) is 0 Å². The molecule has 1 aliphatic heterocycles. The Morgan fingerprint density at radius 1 is 0.520 bits per heavy atom. The molecule has 0 unspecified atom stereocenters. The highest BCUT2D eigenvalue weighted by Crippen LogP contribution is 2.37. The molecular weight excluding hydrogens is 695 g/mol. The van der Waals surface area contributed by atoms with Crippen LogP contribution in [0.25, 0.3) is 76.6 Å². The van der Waals surface area contributed by atoms with Crippen LogP contribution in [0.15, 0.2) is 48.5 Å². The molecule has 4 aromatic carbocycles. The van der Waals surface area contributed by atoms with Crippen LogP contribution in [-0.4, -0.2) is 36.2 Å². The lowest BCUT2D eigenvalue weighted by atomic mass is 10.1. The Balaban J connectivity index is 0.000000279. The van der Waals surface area contributed by atoms with Crippen LogP contribution in [0, 0.1) is 59.7 Å². The van der Waals surface area contributed by atoms with Gasteiger partial charge in [-0.3, -0.25) is 0 Å². The molecule has 7 aromatic rings. The molecule has 0 saturated carbocycles. The zero-order valence-electron chi connectivity index (χ0n) is 24.2. The number of halogens is 9. The van der Waals surface area contributed by atoms with Gasteiger partial charge < -0.3 is 9.46 Å². The van der Waals surface area contributed by atoms with Gasteiger partial charge in [-0.05, 0) is 48.5 Å². The Kier molecular flexibility index (Phi) is 7.72. The van der Waals surface area contributed by atoms with Gasteiger partial charge >= 0.3 is 6.83 Å². The maximum Gasteiger partial charge on any atom is 0.378 e. The van der Waals surface area contributed by atoms with Crippen molar-refractivity contribution in [2.75, 3.05) is 0 Å². The van der Waals surface area contributed by atoms with Gasteiger partial charge in [-0.1, -0.05) is 0 Å². The summed E-state index contributed by atoms with van der Waals surface area (Å²) in [5.74, 6) is -9.55. The molecular formula is C32H9BClF8N8. The first-order valence-corrected chi connectivity index (χ1v) is 14.2. The van der Waals surface area contributed by atoms with Gasteiger partial charge in [0, 0.05) is 32.7 Å². The van der Waals surface area contributed by atoms with Crippen LogP contribution in [0.2, 0.25) is 0 Å². The molecule has 0 spiro atoms. The molecule has 0 amide bonds. The minimum Gasteiger partial charge on any atom is -0.342 e. The summed E-state index contributed by atoms with van der Waals surface area (Å²) in [6.45, 7) is 14.1. The Hall–Kier alpha value is -6.33. The number of nitrogens with zero attached hydrogens (tertiary/aromatic N) is 7. The summed E-state index contributed by atoms with van der Waals surface area (Å²) in [6, 6.07) is 6.72. The molecule has 0 fully saturated rings. The van der Waals surface area contributed by atoms with Gasteiger partial charge in [0.15, 0.2) is 57.9 Å². The Morgan fingerprint density at radius 3 is 1.36 bits per heavy atom. The molecule has 8 nitrogen and oxygen atoms in total. The average molecular weight is 704 g/mol. The molecule has 50 heavy (non-hydrogen) atoms. The minimum atomic E-state index is -1.19. The van der Waals surface area contributed by atoms with E-state index in [2.05, 4.69) is 34.6 Å². The van der Waals surface area contributed by atoms with E-state index in [1.165, 1.54) is 4.48 Å². The molecule has 6 bridgehead atoms. The first kappa shape index (κ1) is 32.2. The van der Waals surface area contributed by atoms with E-state index in [1.54, 1.807) is 0 Å². The number of rotatable bonds is 1. The molecule has 3 aromatic heterocycles. The maximum absolute atomic E-state index is 14.3. The van der Waals surface area contributed by atoms with Crippen LogP contribution in [0.3, 0.4) is 0 Å². The lowest BCUT2D eigenvalue weighted by Gasteiger charge is -2.01. The van der Waals surface area contributed by atoms with Gasteiger partial charge in [0.05, 0.1) is 13.1 Å². The zero-order chi connectivity index (χ0) is 35.6. The second-order valence-electron chi connectivity index (χ2n) is 10.4. The van der Waals surface area contributed by atoms with Crippen molar-refractivity contribution >= 4 is 73.8 Å². The zero-order valence-corrected chi connectivity index (χ0v) is 25.0. The SMILES string of the molecule is Fc1cc2c(cc1F)-c1nc-2nc2[nH]c(nc3c4cc(F)c(F)cc4c(n1)n3[B]Cl)c1cc(F)c(F)cc21.[C-]#[N+]c1cc(F)c(F)cc1[N+]#[C-]. The van der Waals surface area contributed by atoms with E-state index in [4.69, 9.17) is 24.6 Å². The third-order valence-corrected chi connectivity index (χ3v) is 7.76. The van der Waals surface area contributed by atoms with Crippen LogP contribution in [0.1, 0.15) is 0 Å². The van der Waals surface area contributed by atoms with E-state index in [0.717, 1.165) is 55.4 Å². The molecule has 0 atom stereocenters. The molecule has 0 aliphatic carbocycles. The lowest BCUT2D eigenvalue weighted by molar-refractivity contribution is 0.509. The van der Waals surface area contributed by atoms with Gasteiger partial charge in [-0.2, -0.15) is 11.5 Å². The van der Waals surface area contributed by atoms with Crippen molar-refractivity contribution in [3.63, 3.8) is 0 Å². The van der Waals surface area contributed by atoms with E-state index in [0.29, 0.717) is 0 Å². The Bertz CT molecular complexity index is 2750. The molecule has 1 aliphatic rings. The number of H-pyrrole nitrogens is 1. The van der Waals surface area contributed by atoms with Gasteiger partial charge in [0.2, 0.25) is 0 Å². The number of hydrogen-bond donors (Lipinski definition) is 1. The van der Waals surface area contributed by atoms with Gasteiger partial charge in [-0.25, -0.2) is 64.7 Å². The lowest BCUT2D eigenvalue weighted by Crippen LogP contribution is -2.01. The van der Waals surface area contributed by atoms with Crippen molar-refractivity contribution in [2.45, 2.75) is 0 Å². The normalized spacial score (nSPS) is 11.3.